The van der Waals surface area contributed by atoms with E-state index in [0.29, 0.717) is 30.3 Å². The maximum absolute atomic E-state index is 15.1. The van der Waals surface area contributed by atoms with Crippen LogP contribution in [0, 0.1) is 10.3 Å². The van der Waals surface area contributed by atoms with Crippen molar-refractivity contribution in [3.8, 4) is 0 Å². The fourth-order valence-corrected chi connectivity index (χ4v) is 8.43. The Hall–Kier alpha value is -2.25. The van der Waals surface area contributed by atoms with Gasteiger partial charge in [0.15, 0.2) is 0 Å². The number of hydrogen-bond donors (Lipinski definition) is 0. The van der Waals surface area contributed by atoms with Gasteiger partial charge in [0.05, 0.1) is 0 Å². The Morgan fingerprint density at radius 3 is 1.80 bits per heavy atom. The number of carbonyl (C=O) groups excluding carboxylic acids is 1. The molecule has 3 atom stereocenters. The van der Waals surface area contributed by atoms with Gasteiger partial charge in [-0.3, -0.25) is 14.6 Å². The fourth-order valence-electron chi connectivity index (χ4n) is 8.43. The number of esters is 1. The molecule has 1 aromatic rings. The SMILES string of the molecule is C=C(OC1CC(C)N(C)C(C)(C)C1)C(CCCC)(Cc1cc(C(C)(C)C)c(N=O)c(C(C)(C)C)c1)C(=O)OC1CC(C)(C)N(C)C(C)(C)C1. The van der Waals surface area contributed by atoms with Gasteiger partial charge >= 0.3 is 5.97 Å². The summed E-state index contributed by atoms with van der Waals surface area (Å²) in [6.45, 7) is 35.1. The minimum absolute atomic E-state index is 0.0542. The molecule has 2 aliphatic heterocycles. The highest BCUT2D eigenvalue weighted by molar-refractivity contribution is 5.81. The van der Waals surface area contributed by atoms with Crippen LogP contribution in [0.25, 0.3) is 0 Å². The van der Waals surface area contributed by atoms with E-state index < -0.39 is 5.41 Å². The lowest BCUT2D eigenvalue weighted by molar-refractivity contribution is -0.172. The van der Waals surface area contributed by atoms with Gasteiger partial charge in [-0.1, -0.05) is 80.0 Å². The van der Waals surface area contributed by atoms with Crippen molar-refractivity contribution in [3.63, 3.8) is 0 Å². The smallest absolute Gasteiger partial charge is 0.320 e. The van der Waals surface area contributed by atoms with Crippen molar-refractivity contribution in [2.45, 2.75) is 194 Å². The Morgan fingerprint density at radius 2 is 1.37 bits per heavy atom. The van der Waals surface area contributed by atoms with Gasteiger partial charge in [0.25, 0.3) is 0 Å². The lowest BCUT2D eigenvalue weighted by atomic mass is 9.72. The van der Waals surface area contributed by atoms with Crippen LogP contribution >= 0.6 is 0 Å². The van der Waals surface area contributed by atoms with E-state index in [9.17, 15) is 4.91 Å². The number of nitrogens with zero attached hydrogens (tertiary/aromatic N) is 3. The van der Waals surface area contributed by atoms with Crippen molar-refractivity contribution in [1.29, 1.82) is 0 Å². The number of benzene rings is 1. The molecule has 49 heavy (non-hydrogen) atoms. The average molecular weight is 682 g/mol. The molecule has 2 aliphatic rings. The van der Waals surface area contributed by atoms with Gasteiger partial charge in [-0.25, -0.2) is 0 Å². The van der Waals surface area contributed by atoms with Crippen LogP contribution in [0.2, 0.25) is 0 Å². The molecule has 0 amide bonds. The van der Waals surface area contributed by atoms with Gasteiger partial charge in [0.1, 0.15) is 29.1 Å². The number of likely N-dealkylation sites (tertiary alicyclic amines) is 2. The molecule has 0 saturated carbocycles. The van der Waals surface area contributed by atoms with Crippen LogP contribution in [0.15, 0.2) is 29.6 Å². The van der Waals surface area contributed by atoms with Gasteiger partial charge < -0.3 is 9.47 Å². The second kappa shape index (κ2) is 14.4. The van der Waals surface area contributed by atoms with Crippen LogP contribution in [-0.4, -0.2) is 64.7 Å². The molecule has 3 rings (SSSR count). The number of ether oxygens (including phenoxy) is 2. The topological polar surface area (TPSA) is 71.4 Å². The molecule has 278 valence electrons. The van der Waals surface area contributed by atoms with Crippen molar-refractivity contribution in [1.82, 2.24) is 9.80 Å². The van der Waals surface area contributed by atoms with Crippen LogP contribution in [-0.2, 0) is 31.5 Å². The van der Waals surface area contributed by atoms with Gasteiger partial charge in [-0.05, 0) is 115 Å². The molecule has 0 radical (unpaired) electrons. The summed E-state index contributed by atoms with van der Waals surface area (Å²) < 4.78 is 13.6. The third kappa shape index (κ3) is 8.98. The van der Waals surface area contributed by atoms with Crippen LogP contribution in [0.1, 0.15) is 159 Å². The number of hydrogen-bond acceptors (Lipinski definition) is 7. The zero-order valence-corrected chi connectivity index (χ0v) is 34.2. The molecule has 7 heteroatoms. The normalized spacial score (nSPS) is 24.6. The zero-order chi connectivity index (χ0) is 37.5. The van der Waals surface area contributed by atoms with Crippen molar-refractivity contribution in [2.24, 2.45) is 10.6 Å². The van der Waals surface area contributed by atoms with Gasteiger partial charge in [-0.15, -0.1) is 4.91 Å². The Balaban J connectivity index is 2.21. The monoisotopic (exact) mass is 682 g/mol. The van der Waals surface area contributed by atoms with Crippen LogP contribution in [0.3, 0.4) is 0 Å². The Labute approximate surface area is 299 Å². The van der Waals surface area contributed by atoms with Gasteiger partial charge in [0.2, 0.25) is 0 Å². The van der Waals surface area contributed by atoms with E-state index in [4.69, 9.17) is 9.47 Å². The quantitative estimate of drug-likeness (QED) is 0.132. The Bertz CT molecular complexity index is 1310. The van der Waals surface area contributed by atoms with E-state index in [1.165, 1.54) is 0 Å². The molecule has 0 bridgehead atoms. The van der Waals surface area contributed by atoms with E-state index in [1.807, 2.05) is 0 Å². The molecular formula is C42H71N3O4. The summed E-state index contributed by atoms with van der Waals surface area (Å²) in [7, 11) is 4.35. The van der Waals surface area contributed by atoms with Crippen LogP contribution < -0.4 is 0 Å². The zero-order valence-electron chi connectivity index (χ0n) is 34.2. The first-order valence-electron chi connectivity index (χ1n) is 18.8. The number of carbonyl (C=O) groups is 1. The molecule has 2 saturated heterocycles. The Morgan fingerprint density at radius 1 is 0.878 bits per heavy atom. The van der Waals surface area contributed by atoms with Crippen LogP contribution in [0.4, 0.5) is 5.69 Å². The van der Waals surface area contributed by atoms with Crippen molar-refractivity contribution in [2.75, 3.05) is 14.1 Å². The third-order valence-corrected chi connectivity index (χ3v) is 12.1. The first kappa shape index (κ1) is 41.2. The summed E-state index contributed by atoms with van der Waals surface area (Å²) in [6.07, 6.45) is 5.57. The summed E-state index contributed by atoms with van der Waals surface area (Å²) in [6, 6.07) is 4.51. The average Bonchev–Trinajstić information content (AvgIpc) is 2.94. The minimum Gasteiger partial charge on any atom is -0.494 e. The third-order valence-electron chi connectivity index (χ3n) is 12.1. The highest BCUT2D eigenvalue weighted by atomic mass is 16.6. The molecule has 0 spiro atoms. The summed E-state index contributed by atoms with van der Waals surface area (Å²) in [4.78, 5) is 32.3. The van der Waals surface area contributed by atoms with E-state index >= 15 is 4.79 Å². The Kier molecular flexibility index (Phi) is 12.1. The summed E-state index contributed by atoms with van der Waals surface area (Å²) in [5, 5.41) is 3.58. The molecule has 3 unspecified atom stereocenters. The standard InChI is InChI=1S/C42H71N3O4/c1-18-19-20-42(29(3)48-31-21-28(2)44(16)39(10,11)25-31,36(46)49-32-26-40(12,13)45(17)41(14,15)27-32)24-30-22-33(37(4,5)6)35(43-47)34(23-30)38(7,8)9/h22-23,28,31-32H,3,18-21,24-27H2,1-2,4-17H3. The second-order valence-electron chi connectivity index (χ2n) is 19.5. The fraction of sp³-hybridized carbons (Fsp3) is 0.786. The van der Waals surface area contributed by atoms with Crippen molar-refractivity contribution in [3.05, 3.63) is 46.1 Å². The second-order valence-corrected chi connectivity index (χ2v) is 19.5. The maximum Gasteiger partial charge on any atom is 0.320 e. The first-order chi connectivity index (χ1) is 22.2. The molecular weight excluding hydrogens is 610 g/mol. The predicted octanol–water partition coefficient (Wildman–Crippen LogP) is 10.4. The lowest BCUT2D eigenvalue weighted by Gasteiger charge is -2.53. The molecule has 2 fully saturated rings. The molecule has 1 aromatic carbocycles. The number of nitroso groups, excluding NO2 is 1. The number of unbranched alkanes of at least 4 members (excludes halogenated alkanes) is 1. The summed E-state index contributed by atoms with van der Waals surface area (Å²) in [5.41, 5.74) is 1.15. The molecule has 2 heterocycles. The predicted molar refractivity (Wildman–Crippen MR) is 205 cm³/mol. The summed E-state index contributed by atoms with van der Waals surface area (Å²) >= 11 is 0. The highest BCUT2D eigenvalue weighted by Gasteiger charge is 2.50. The molecule has 0 aromatic heterocycles. The van der Waals surface area contributed by atoms with E-state index in [1.54, 1.807) is 0 Å². The largest absolute Gasteiger partial charge is 0.494 e. The molecule has 0 aliphatic carbocycles. The van der Waals surface area contributed by atoms with Gasteiger partial charge in [0, 0.05) is 41.9 Å². The van der Waals surface area contributed by atoms with E-state index in [-0.39, 0.29) is 45.6 Å². The van der Waals surface area contributed by atoms with E-state index in [0.717, 1.165) is 55.2 Å². The number of piperidine rings is 2. The summed E-state index contributed by atoms with van der Waals surface area (Å²) in [5.74, 6) is 0.252. The van der Waals surface area contributed by atoms with E-state index in [2.05, 4.69) is 145 Å². The first-order valence-corrected chi connectivity index (χ1v) is 18.8. The molecule has 0 N–H and O–H groups in total. The van der Waals surface area contributed by atoms with Crippen molar-refractivity contribution >= 4 is 11.7 Å². The number of rotatable bonds is 11. The lowest BCUT2D eigenvalue weighted by Crippen LogP contribution is -2.60. The molecule has 7 nitrogen and oxygen atoms in total. The van der Waals surface area contributed by atoms with Gasteiger partial charge in [-0.2, -0.15) is 0 Å². The minimum atomic E-state index is -1.11. The van der Waals surface area contributed by atoms with Crippen LogP contribution in [0.5, 0.6) is 0 Å². The maximum atomic E-state index is 15.1. The highest BCUT2D eigenvalue weighted by Crippen LogP contribution is 2.47. The van der Waals surface area contributed by atoms with Crippen molar-refractivity contribution < 1.29 is 14.3 Å².